The number of aliphatic hydroxyl groups excluding tert-OH is 2. The molecule has 0 atom stereocenters. The van der Waals surface area contributed by atoms with Crippen LogP contribution in [0.25, 0.3) is 0 Å². The Labute approximate surface area is 100 Å². The van der Waals surface area contributed by atoms with Gasteiger partial charge in [0.15, 0.2) is 0 Å². The van der Waals surface area contributed by atoms with Gasteiger partial charge in [0.25, 0.3) is 0 Å². The fourth-order valence-corrected chi connectivity index (χ4v) is 1.25. The van der Waals surface area contributed by atoms with Gasteiger partial charge in [-0.25, -0.2) is 0 Å². The van der Waals surface area contributed by atoms with E-state index in [0.717, 1.165) is 5.69 Å². The van der Waals surface area contributed by atoms with Gasteiger partial charge >= 0.3 is 0 Å². The van der Waals surface area contributed by atoms with Gasteiger partial charge in [0.05, 0.1) is 25.3 Å². The van der Waals surface area contributed by atoms with Crippen molar-refractivity contribution >= 4 is 11.6 Å². The molecular weight excluding hydrogens is 220 g/mol. The van der Waals surface area contributed by atoms with Crippen LogP contribution in [0.1, 0.15) is 6.92 Å². The van der Waals surface area contributed by atoms with Gasteiger partial charge in [-0.1, -0.05) is 18.2 Å². The average molecular weight is 238 g/mol. The lowest BCUT2D eigenvalue weighted by molar-refractivity contribution is -0.122. The number of hydrogen-bond acceptors (Lipinski definition) is 4. The Hall–Kier alpha value is -1.59. The van der Waals surface area contributed by atoms with Crippen molar-refractivity contribution in [2.45, 2.75) is 12.5 Å². The van der Waals surface area contributed by atoms with Crippen molar-refractivity contribution in [2.24, 2.45) is 0 Å². The molecular formula is C12H18N2O3. The van der Waals surface area contributed by atoms with E-state index < -0.39 is 5.54 Å². The van der Waals surface area contributed by atoms with Gasteiger partial charge in [-0.2, -0.15) is 0 Å². The summed E-state index contributed by atoms with van der Waals surface area (Å²) in [6, 6.07) is 9.33. The molecule has 0 aliphatic rings. The van der Waals surface area contributed by atoms with Crippen LogP contribution in [0.2, 0.25) is 0 Å². The van der Waals surface area contributed by atoms with Crippen LogP contribution >= 0.6 is 0 Å². The number of carbonyl (C=O) groups is 1. The fourth-order valence-electron chi connectivity index (χ4n) is 1.25. The molecule has 0 aliphatic carbocycles. The van der Waals surface area contributed by atoms with Crippen molar-refractivity contribution in [1.82, 2.24) is 5.32 Å². The van der Waals surface area contributed by atoms with Crippen LogP contribution in [0.3, 0.4) is 0 Å². The lowest BCUT2D eigenvalue weighted by Gasteiger charge is -2.26. The molecule has 1 rings (SSSR count). The van der Waals surface area contributed by atoms with E-state index in [-0.39, 0.29) is 25.7 Å². The van der Waals surface area contributed by atoms with Gasteiger partial charge in [0, 0.05) is 5.69 Å². The molecule has 0 fully saturated rings. The maximum absolute atomic E-state index is 11.6. The van der Waals surface area contributed by atoms with Gasteiger partial charge in [-0.15, -0.1) is 0 Å². The van der Waals surface area contributed by atoms with Gasteiger partial charge in [0.1, 0.15) is 0 Å². The number of amides is 1. The minimum absolute atomic E-state index is 0.0968. The molecule has 0 saturated carbocycles. The highest BCUT2D eigenvalue weighted by molar-refractivity contribution is 5.81. The molecule has 0 spiro atoms. The number of hydrogen-bond donors (Lipinski definition) is 4. The van der Waals surface area contributed by atoms with Crippen molar-refractivity contribution in [1.29, 1.82) is 0 Å². The Morgan fingerprint density at radius 2 is 1.82 bits per heavy atom. The largest absolute Gasteiger partial charge is 0.394 e. The number of rotatable bonds is 6. The standard InChI is InChI=1S/C12H18N2O3/c1-12(8-15,9-16)14-11(17)7-13-10-5-3-2-4-6-10/h2-6,13,15-16H,7-9H2,1H3,(H,14,17). The molecule has 0 aliphatic heterocycles. The molecule has 0 heterocycles. The lowest BCUT2D eigenvalue weighted by atomic mass is 10.1. The number of aliphatic hydroxyl groups is 2. The Balaban J connectivity index is 2.40. The highest BCUT2D eigenvalue weighted by Crippen LogP contribution is 2.04. The van der Waals surface area contributed by atoms with E-state index >= 15 is 0 Å². The van der Waals surface area contributed by atoms with Crippen LogP contribution in [0.15, 0.2) is 30.3 Å². The molecule has 0 bridgehead atoms. The average Bonchev–Trinajstić information content (AvgIpc) is 2.37. The Morgan fingerprint density at radius 1 is 1.24 bits per heavy atom. The van der Waals surface area contributed by atoms with Crippen LogP contribution in [-0.4, -0.2) is 41.4 Å². The zero-order valence-electron chi connectivity index (χ0n) is 9.81. The van der Waals surface area contributed by atoms with Gasteiger partial charge in [0.2, 0.25) is 5.91 Å². The summed E-state index contributed by atoms with van der Waals surface area (Å²) in [7, 11) is 0. The fraction of sp³-hybridized carbons (Fsp3) is 0.417. The van der Waals surface area contributed by atoms with Crippen molar-refractivity contribution in [2.75, 3.05) is 25.1 Å². The quantitative estimate of drug-likeness (QED) is 0.560. The predicted octanol–water partition coefficient (Wildman–Crippen LogP) is -0.0420. The molecule has 1 aromatic carbocycles. The first-order valence-corrected chi connectivity index (χ1v) is 5.41. The second-order valence-corrected chi connectivity index (χ2v) is 4.14. The molecule has 0 radical (unpaired) electrons. The highest BCUT2D eigenvalue weighted by atomic mass is 16.3. The number of anilines is 1. The molecule has 5 heteroatoms. The topological polar surface area (TPSA) is 81.6 Å². The van der Waals surface area contributed by atoms with Gasteiger partial charge in [-0.05, 0) is 19.1 Å². The summed E-state index contributed by atoms with van der Waals surface area (Å²) in [4.78, 5) is 11.6. The maximum Gasteiger partial charge on any atom is 0.239 e. The van der Waals surface area contributed by atoms with E-state index in [2.05, 4.69) is 10.6 Å². The number of para-hydroxylation sites is 1. The zero-order chi connectivity index (χ0) is 12.7. The molecule has 0 aromatic heterocycles. The molecule has 0 unspecified atom stereocenters. The van der Waals surface area contributed by atoms with Crippen LogP contribution in [0, 0.1) is 0 Å². The summed E-state index contributed by atoms with van der Waals surface area (Å²) in [6.45, 7) is 1.06. The molecule has 94 valence electrons. The van der Waals surface area contributed by atoms with E-state index in [4.69, 9.17) is 10.2 Å². The summed E-state index contributed by atoms with van der Waals surface area (Å²) in [5, 5.41) is 23.6. The molecule has 17 heavy (non-hydrogen) atoms. The molecule has 1 aromatic rings. The minimum Gasteiger partial charge on any atom is -0.394 e. The van der Waals surface area contributed by atoms with E-state index in [1.54, 1.807) is 6.92 Å². The van der Waals surface area contributed by atoms with E-state index in [1.165, 1.54) is 0 Å². The summed E-state index contributed by atoms with van der Waals surface area (Å²) >= 11 is 0. The predicted molar refractivity (Wildman–Crippen MR) is 65.7 cm³/mol. The first-order chi connectivity index (χ1) is 8.09. The van der Waals surface area contributed by atoms with Crippen LogP contribution < -0.4 is 10.6 Å². The number of carbonyl (C=O) groups excluding carboxylic acids is 1. The van der Waals surface area contributed by atoms with Crippen molar-refractivity contribution in [3.05, 3.63) is 30.3 Å². The van der Waals surface area contributed by atoms with E-state index in [9.17, 15) is 4.79 Å². The Morgan fingerprint density at radius 3 is 2.35 bits per heavy atom. The third kappa shape index (κ3) is 4.42. The number of nitrogens with one attached hydrogen (secondary N) is 2. The summed E-state index contributed by atoms with van der Waals surface area (Å²) in [5.41, 5.74) is -0.132. The van der Waals surface area contributed by atoms with E-state index in [1.807, 2.05) is 30.3 Å². The minimum atomic E-state index is -0.977. The van der Waals surface area contributed by atoms with Crippen LogP contribution in [0.4, 0.5) is 5.69 Å². The van der Waals surface area contributed by atoms with Gasteiger partial charge < -0.3 is 20.8 Å². The Bertz CT molecular complexity index is 350. The normalized spacial score (nSPS) is 11.0. The SMILES string of the molecule is CC(CO)(CO)NC(=O)CNc1ccccc1. The second kappa shape index (κ2) is 6.22. The molecule has 4 N–H and O–H groups in total. The summed E-state index contributed by atoms with van der Waals surface area (Å²) in [5.74, 6) is -0.278. The van der Waals surface area contributed by atoms with Crippen LogP contribution in [0.5, 0.6) is 0 Å². The summed E-state index contributed by atoms with van der Waals surface area (Å²) < 4.78 is 0. The third-order valence-electron chi connectivity index (χ3n) is 2.37. The monoisotopic (exact) mass is 238 g/mol. The molecule has 0 saturated heterocycles. The van der Waals surface area contributed by atoms with E-state index in [0.29, 0.717) is 0 Å². The highest BCUT2D eigenvalue weighted by Gasteiger charge is 2.24. The molecule has 1 amide bonds. The third-order valence-corrected chi connectivity index (χ3v) is 2.37. The van der Waals surface area contributed by atoms with Crippen molar-refractivity contribution < 1.29 is 15.0 Å². The summed E-state index contributed by atoms with van der Waals surface area (Å²) in [6.07, 6.45) is 0. The van der Waals surface area contributed by atoms with Crippen molar-refractivity contribution in [3.63, 3.8) is 0 Å². The van der Waals surface area contributed by atoms with Crippen LogP contribution in [-0.2, 0) is 4.79 Å². The zero-order valence-corrected chi connectivity index (χ0v) is 9.81. The molecule has 5 nitrogen and oxygen atoms in total. The van der Waals surface area contributed by atoms with Crippen molar-refractivity contribution in [3.8, 4) is 0 Å². The lowest BCUT2D eigenvalue weighted by Crippen LogP contribution is -2.53. The first kappa shape index (κ1) is 13.5. The Kier molecular flexibility index (Phi) is 4.93. The number of benzene rings is 1. The second-order valence-electron chi connectivity index (χ2n) is 4.14. The first-order valence-electron chi connectivity index (χ1n) is 5.41. The smallest absolute Gasteiger partial charge is 0.239 e. The van der Waals surface area contributed by atoms with Gasteiger partial charge in [-0.3, -0.25) is 4.79 Å². The maximum atomic E-state index is 11.6.